The molecule has 0 spiro atoms. The Hall–Kier alpha value is -0.650. The first-order valence-electron chi connectivity index (χ1n) is 12.8. The van der Waals surface area contributed by atoms with Gasteiger partial charge in [0.15, 0.2) is 0 Å². The van der Waals surface area contributed by atoms with E-state index in [2.05, 4.69) is 27.7 Å². The normalized spacial score (nSPS) is 52.7. The summed E-state index contributed by atoms with van der Waals surface area (Å²) in [6, 6.07) is 0. The smallest absolute Gasteiger partial charge is 0.303 e. The second-order valence-electron chi connectivity index (χ2n) is 12.1. The van der Waals surface area contributed by atoms with Crippen molar-refractivity contribution in [2.24, 2.45) is 52.3 Å². The molecule has 0 radical (unpaired) electrons. The molecule has 178 valence electrons. The highest BCUT2D eigenvalue weighted by atomic mass is 16.4. The molecular formula is C26H44O5. The van der Waals surface area contributed by atoms with Crippen molar-refractivity contribution in [2.75, 3.05) is 0 Å². The van der Waals surface area contributed by atoms with E-state index >= 15 is 0 Å². The molecule has 0 aliphatic heterocycles. The molecule has 4 N–H and O–H groups in total. The Morgan fingerprint density at radius 2 is 1.71 bits per heavy atom. The van der Waals surface area contributed by atoms with Gasteiger partial charge in [0, 0.05) is 6.42 Å². The van der Waals surface area contributed by atoms with Crippen molar-refractivity contribution in [1.29, 1.82) is 0 Å². The number of hydrogen-bond donors (Lipinski definition) is 4. The van der Waals surface area contributed by atoms with Crippen LogP contribution in [0.4, 0.5) is 0 Å². The van der Waals surface area contributed by atoms with Gasteiger partial charge in [0.2, 0.25) is 0 Å². The fraction of sp³-hybridized carbons (Fsp3) is 0.962. The van der Waals surface area contributed by atoms with Crippen LogP contribution in [0.15, 0.2) is 0 Å². The number of rotatable bonds is 5. The lowest BCUT2D eigenvalue weighted by Gasteiger charge is -2.65. The monoisotopic (exact) mass is 436 g/mol. The van der Waals surface area contributed by atoms with Crippen LogP contribution >= 0.6 is 0 Å². The average Bonchev–Trinajstić information content (AvgIpc) is 3.06. The fourth-order valence-corrected chi connectivity index (χ4v) is 9.55. The van der Waals surface area contributed by atoms with E-state index in [-0.39, 0.29) is 47.2 Å². The molecule has 31 heavy (non-hydrogen) atoms. The van der Waals surface area contributed by atoms with Gasteiger partial charge in [0.25, 0.3) is 0 Å². The largest absolute Gasteiger partial charge is 0.481 e. The summed E-state index contributed by atoms with van der Waals surface area (Å²) in [6.45, 7) is 9.02. The quantitative estimate of drug-likeness (QED) is 0.520. The molecule has 4 rings (SSSR count). The maximum absolute atomic E-state index is 11.6. The van der Waals surface area contributed by atoms with Gasteiger partial charge in [-0.25, -0.2) is 0 Å². The number of fused-ring (bicyclic) bond motifs is 5. The van der Waals surface area contributed by atoms with Gasteiger partial charge in [-0.1, -0.05) is 34.1 Å². The van der Waals surface area contributed by atoms with E-state index in [0.717, 1.165) is 44.9 Å². The predicted octanol–water partition coefficient (Wildman–Crippen LogP) is 4.08. The summed E-state index contributed by atoms with van der Waals surface area (Å²) < 4.78 is 0. The molecular weight excluding hydrogens is 392 g/mol. The molecule has 0 bridgehead atoms. The minimum absolute atomic E-state index is 0.0627. The van der Waals surface area contributed by atoms with Crippen molar-refractivity contribution in [3.8, 4) is 0 Å². The molecule has 0 amide bonds. The number of aliphatic carboxylic acids is 1. The first-order valence-corrected chi connectivity index (χ1v) is 12.8. The summed E-state index contributed by atoms with van der Waals surface area (Å²) in [5.41, 5.74) is -0.188. The van der Waals surface area contributed by atoms with Crippen LogP contribution < -0.4 is 0 Å². The van der Waals surface area contributed by atoms with E-state index in [1.54, 1.807) is 0 Å². The Kier molecular flexibility index (Phi) is 6.28. The first kappa shape index (κ1) is 23.5. The number of aliphatic hydroxyl groups excluding tert-OH is 3. The van der Waals surface area contributed by atoms with Crippen molar-refractivity contribution < 1.29 is 25.2 Å². The number of aliphatic hydroxyl groups is 3. The van der Waals surface area contributed by atoms with E-state index in [1.807, 2.05) is 0 Å². The average molecular weight is 437 g/mol. The van der Waals surface area contributed by atoms with Gasteiger partial charge in [0.05, 0.1) is 18.3 Å². The van der Waals surface area contributed by atoms with Crippen LogP contribution in [0.2, 0.25) is 0 Å². The second kappa shape index (κ2) is 8.29. The summed E-state index contributed by atoms with van der Waals surface area (Å²) >= 11 is 0. The van der Waals surface area contributed by atoms with Gasteiger partial charge >= 0.3 is 5.97 Å². The minimum atomic E-state index is -0.748. The minimum Gasteiger partial charge on any atom is -0.481 e. The van der Waals surface area contributed by atoms with Crippen LogP contribution in [0, 0.1) is 52.3 Å². The lowest BCUT2D eigenvalue weighted by Crippen LogP contribution is -2.64. The standard InChI is InChI=1S/C26H44O5/c1-5-15-10-17(27)11-16-12-21(28)24-19-8-7-18(14(2)6-9-23(30)31)26(19,4)22(29)13-20(24)25(15,16)3/h14-22,24,27-29H,5-13H2,1-4H3,(H,30,31)/t14-,15?,16+,17-,18-,19+,20+,21-,22+,24+,25+,26-/m1/s1. The lowest BCUT2D eigenvalue weighted by atomic mass is 9.41. The molecule has 0 aromatic heterocycles. The molecule has 4 aliphatic carbocycles. The van der Waals surface area contributed by atoms with Crippen LogP contribution in [-0.4, -0.2) is 44.7 Å². The van der Waals surface area contributed by atoms with Crippen LogP contribution in [0.5, 0.6) is 0 Å². The Bertz CT molecular complexity index is 681. The molecule has 4 saturated carbocycles. The number of carboxylic acid groups (broad SMARTS) is 1. The van der Waals surface area contributed by atoms with E-state index in [9.17, 15) is 20.1 Å². The molecule has 5 heteroatoms. The van der Waals surface area contributed by atoms with Crippen molar-refractivity contribution in [3.05, 3.63) is 0 Å². The zero-order chi connectivity index (χ0) is 22.7. The van der Waals surface area contributed by atoms with Gasteiger partial charge in [0.1, 0.15) is 0 Å². The van der Waals surface area contributed by atoms with Crippen molar-refractivity contribution in [3.63, 3.8) is 0 Å². The number of carbonyl (C=O) groups is 1. The molecule has 4 fully saturated rings. The Labute approximate surface area is 187 Å². The summed E-state index contributed by atoms with van der Waals surface area (Å²) in [6.07, 6.45) is 6.00. The number of carboxylic acids is 1. The Morgan fingerprint density at radius 1 is 1.00 bits per heavy atom. The van der Waals surface area contributed by atoms with Crippen LogP contribution in [-0.2, 0) is 4.79 Å². The maximum Gasteiger partial charge on any atom is 0.303 e. The third-order valence-electron chi connectivity index (χ3n) is 11.1. The SMILES string of the molecule is CCC1C[C@@H](O)C[C@H]2C[C@@H](O)[C@@H]3[C@H](C[C@H](O)[C@]4(C)[C@@H]([C@H](C)CCC(=O)O)CC[C@@H]34)[C@@]12C. The Balaban J connectivity index is 1.65. The van der Waals surface area contributed by atoms with Crippen LogP contribution in [0.25, 0.3) is 0 Å². The summed E-state index contributed by atoms with van der Waals surface area (Å²) in [5.74, 6) is 1.36. The predicted molar refractivity (Wildman–Crippen MR) is 119 cm³/mol. The highest BCUT2D eigenvalue weighted by molar-refractivity contribution is 5.66. The summed E-state index contributed by atoms with van der Waals surface area (Å²) in [4.78, 5) is 11.1. The molecule has 12 atom stereocenters. The first-order chi connectivity index (χ1) is 14.5. The van der Waals surface area contributed by atoms with Gasteiger partial charge in [-0.05, 0) is 97.2 Å². The molecule has 0 aromatic carbocycles. The van der Waals surface area contributed by atoms with Crippen molar-refractivity contribution in [2.45, 2.75) is 104 Å². The molecule has 0 heterocycles. The van der Waals surface area contributed by atoms with Gasteiger partial charge in [-0.2, -0.15) is 0 Å². The van der Waals surface area contributed by atoms with E-state index < -0.39 is 12.1 Å². The van der Waals surface area contributed by atoms with Crippen molar-refractivity contribution in [1.82, 2.24) is 0 Å². The highest BCUT2D eigenvalue weighted by Crippen LogP contribution is 2.69. The van der Waals surface area contributed by atoms with Gasteiger partial charge < -0.3 is 20.4 Å². The van der Waals surface area contributed by atoms with Crippen LogP contribution in [0.3, 0.4) is 0 Å². The molecule has 5 nitrogen and oxygen atoms in total. The zero-order valence-electron chi connectivity index (χ0n) is 19.8. The van der Waals surface area contributed by atoms with Gasteiger partial charge in [-0.3, -0.25) is 4.79 Å². The third-order valence-corrected chi connectivity index (χ3v) is 11.1. The van der Waals surface area contributed by atoms with E-state index in [0.29, 0.717) is 30.1 Å². The molecule has 0 aromatic rings. The number of hydrogen-bond acceptors (Lipinski definition) is 4. The topological polar surface area (TPSA) is 98.0 Å². The van der Waals surface area contributed by atoms with Crippen LogP contribution in [0.1, 0.15) is 85.5 Å². The maximum atomic E-state index is 11.6. The van der Waals surface area contributed by atoms with Gasteiger partial charge in [-0.15, -0.1) is 0 Å². The highest BCUT2D eigenvalue weighted by Gasteiger charge is 2.67. The summed E-state index contributed by atoms with van der Waals surface area (Å²) in [7, 11) is 0. The lowest BCUT2D eigenvalue weighted by molar-refractivity contribution is -0.222. The van der Waals surface area contributed by atoms with E-state index in [4.69, 9.17) is 5.11 Å². The van der Waals surface area contributed by atoms with E-state index in [1.165, 1.54) is 0 Å². The molecule has 0 saturated heterocycles. The second-order valence-corrected chi connectivity index (χ2v) is 12.1. The molecule has 4 aliphatic rings. The molecule has 1 unspecified atom stereocenters. The zero-order valence-corrected chi connectivity index (χ0v) is 19.8. The third kappa shape index (κ3) is 3.49. The summed E-state index contributed by atoms with van der Waals surface area (Å²) in [5, 5.41) is 42.7. The van der Waals surface area contributed by atoms with Crippen molar-refractivity contribution >= 4 is 5.97 Å². The fourth-order valence-electron chi connectivity index (χ4n) is 9.55. The Morgan fingerprint density at radius 3 is 2.35 bits per heavy atom.